The Bertz CT molecular complexity index is 964. The molecule has 6 nitrogen and oxygen atoms in total. The molecule has 27 heavy (non-hydrogen) atoms. The van der Waals surface area contributed by atoms with E-state index in [0.717, 1.165) is 0 Å². The third kappa shape index (κ3) is 4.33. The lowest BCUT2D eigenvalue weighted by Gasteiger charge is -2.13. The highest BCUT2D eigenvalue weighted by molar-refractivity contribution is 7.93. The maximum atomic E-state index is 12.9. The summed E-state index contributed by atoms with van der Waals surface area (Å²) in [5.41, 5.74) is 0.821. The lowest BCUT2D eigenvalue weighted by molar-refractivity contribution is -0.218. The third-order valence-electron chi connectivity index (χ3n) is 3.73. The first kappa shape index (κ1) is 19.0. The summed E-state index contributed by atoms with van der Waals surface area (Å²) < 4.78 is 60.0. The summed E-state index contributed by atoms with van der Waals surface area (Å²) in [4.78, 5) is 4.88. The molecule has 0 amide bonds. The van der Waals surface area contributed by atoms with Crippen LogP contribution in [0.3, 0.4) is 0 Å². The summed E-state index contributed by atoms with van der Waals surface area (Å²) in [5.74, 6) is 0.610. The second-order valence-electron chi connectivity index (χ2n) is 5.73. The molecule has 0 saturated carbocycles. The SMILES string of the molecule is COc1ccc(S(C)(=O)=Nc2ccc(C3=NOC(C(F)(F)F)N3)cc2)cc1. The van der Waals surface area contributed by atoms with Gasteiger partial charge in [0.05, 0.1) is 22.5 Å². The van der Waals surface area contributed by atoms with E-state index in [-0.39, 0.29) is 5.84 Å². The maximum Gasteiger partial charge on any atom is 0.448 e. The van der Waals surface area contributed by atoms with Crippen molar-refractivity contribution < 1.29 is 27.0 Å². The van der Waals surface area contributed by atoms with Crippen LogP contribution < -0.4 is 10.1 Å². The topological polar surface area (TPSA) is 72.3 Å². The van der Waals surface area contributed by atoms with Crippen molar-refractivity contribution in [3.05, 3.63) is 54.1 Å². The molecule has 0 aliphatic carbocycles. The number of methoxy groups -OCH3 is 1. The van der Waals surface area contributed by atoms with E-state index < -0.39 is 22.1 Å². The number of alkyl halides is 3. The zero-order valence-electron chi connectivity index (χ0n) is 14.4. The molecule has 1 heterocycles. The molecular weight excluding hydrogens is 383 g/mol. The van der Waals surface area contributed by atoms with Crippen molar-refractivity contribution in [2.24, 2.45) is 9.52 Å². The highest BCUT2D eigenvalue weighted by atomic mass is 32.2. The number of nitrogens with zero attached hydrogens (tertiary/aromatic N) is 2. The minimum atomic E-state index is -4.56. The van der Waals surface area contributed by atoms with E-state index in [0.29, 0.717) is 21.9 Å². The Hall–Kier alpha value is -2.75. The fourth-order valence-corrected chi connectivity index (χ4v) is 3.59. The second-order valence-corrected chi connectivity index (χ2v) is 7.99. The van der Waals surface area contributed by atoms with Crippen LogP contribution in [0.25, 0.3) is 0 Å². The minimum Gasteiger partial charge on any atom is -0.497 e. The van der Waals surface area contributed by atoms with E-state index in [9.17, 15) is 17.4 Å². The average Bonchev–Trinajstić information content (AvgIpc) is 3.13. The first-order valence-corrected chi connectivity index (χ1v) is 9.65. The summed E-state index contributed by atoms with van der Waals surface area (Å²) >= 11 is 0. The molecule has 0 saturated heterocycles. The van der Waals surface area contributed by atoms with Crippen molar-refractivity contribution in [2.75, 3.05) is 13.4 Å². The smallest absolute Gasteiger partial charge is 0.448 e. The molecule has 144 valence electrons. The van der Waals surface area contributed by atoms with E-state index in [2.05, 4.69) is 19.7 Å². The standard InChI is InChI=1S/C17H16F3N3O3S/c1-25-13-7-9-14(10-8-13)27(2,24)23-12-5-3-11(4-6-12)15-21-16(26-22-15)17(18,19)20/h3-10,16H,1-2H3,(H,21,22). The van der Waals surface area contributed by atoms with Crippen molar-refractivity contribution in [1.29, 1.82) is 0 Å². The van der Waals surface area contributed by atoms with Gasteiger partial charge in [-0.25, -0.2) is 4.21 Å². The molecule has 2 aromatic rings. The fourth-order valence-electron chi connectivity index (χ4n) is 2.32. The Labute approximate surface area is 154 Å². The molecule has 0 spiro atoms. The Morgan fingerprint density at radius 2 is 1.78 bits per heavy atom. The van der Waals surface area contributed by atoms with Crippen molar-refractivity contribution >= 4 is 21.3 Å². The quantitative estimate of drug-likeness (QED) is 0.852. The highest BCUT2D eigenvalue weighted by Crippen LogP contribution is 2.26. The average molecular weight is 399 g/mol. The molecule has 1 aliphatic rings. The predicted octanol–water partition coefficient (Wildman–Crippen LogP) is 3.65. The summed E-state index contributed by atoms with van der Waals surface area (Å²) in [6.07, 6.45) is -5.22. The van der Waals surface area contributed by atoms with Crippen LogP contribution >= 0.6 is 0 Å². The van der Waals surface area contributed by atoms with Crippen LogP contribution in [0.15, 0.2) is 62.9 Å². The van der Waals surface area contributed by atoms with Gasteiger partial charge in [-0.3, -0.25) is 0 Å². The van der Waals surface area contributed by atoms with E-state index in [1.165, 1.54) is 25.5 Å². The number of ether oxygens (including phenoxy) is 1. The molecule has 1 aliphatic heterocycles. The Balaban J connectivity index is 1.79. The minimum absolute atomic E-state index is 0.0312. The molecule has 0 bridgehead atoms. The Kier molecular flexibility index (Phi) is 5.01. The molecule has 0 aromatic heterocycles. The zero-order chi connectivity index (χ0) is 19.7. The molecule has 2 unspecified atom stereocenters. The lowest BCUT2D eigenvalue weighted by atomic mass is 10.2. The number of oxime groups is 1. The summed E-state index contributed by atoms with van der Waals surface area (Å²) in [6.45, 7) is 0. The van der Waals surface area contributed by atoms with Gasteiger partial charge in [0.1, 0.15) is 5.75 Å². The molecule has 3 rings (SSSR count). The molecule has 2 atom stereocenters. The highest BCUT2D eigenvalue weighted by Gasteiger charge is 2.45. The Morgan fingerprint density at radius 1 is 1.15 bits per heavy atom. The Morgan fingerprint density at radius 3 is 2.30 bits per heavy atom. The molecule has 0 fully saturated rings. The first-order valence-electron chi connectivity index (χ1n) is 7.73. The van der Waals surface area contributed by atoms with E-state index in [4.69, 9.17) is 4.74 Å². The van der Waals surface area contributed by atoms with Crippen molar-refractivity contribution in [3.8, 4) is 5.75 Å². The van der Waals surface area contributed by atoms with Gasteiger partial charge in [0.2, 0.25) is 0 Å². The summed E-state index contributed by atoms with van der Waals surface area (Å²) in [5, 5.41) is 5.56. The number of rotatable bonds is 4. The van der Waals surface area contributed by atoms with Gasteiger partial charge in [-0.15, -0.1) is 0 Å². The van der Waals surface area contributed by atoms with Gasteiger partial charge in [0, 0.05) is 16.7 Å². The van der Waals surface area contributed by atoms with Crippen LogP contribution in [0.1, 0.15) is 5.56 Å². The van der Waals surface area contributed by atoms with Gasteiger partial charge in [0.25, 0.3) is 6.23 Å². The number of amidine groups is 1. The molecule has 0 radical (unpaired) electrons. The molecule has 1 N–H and O–H groups in total. The van der Waals surface area contributed by atoms with Crippen LogP contribution in [0.4, 0.5) is 18.9 Å². The second kappa shape index (κ2) is 7.10. The van der Waals surface area contributed by atoms with Gasteiger partial charge in [-0.1, -0.05) is 5.16 Å². The number of nitrogens with one attached hydrogen (secondary N) is 1. The molecule has 10 heteroatoms. The molecule has 2 aromatic carbocycles. The fraction of sp³-hybridized carbons (Fsp3) is 0.235. The maximum absolute atomic E-state index is 12.9. The van der Waals surface area contributed by atoms with Crippen LogP contribution in [-0.2, 0) is 14.6 Å². The van der Waals surface area contributed by atoms with Gasteiger partial charge < -0.3 is 14.9 Å². The summed E-state index contributed by atoms with van der Waals surface area (Å²) in [7, 11) is -1.16. The predicted molar refractivity (Wildman–Crippen MR) is 94.5 cm³/mol. The van der Waals surface area contributed by atoms with Crippen molar-refractivity contribution in [3.63, 3.8) is 0 Å². The van der Waals surface area contributed by atoms with E-state index in [1.807, 2.05) is 0 Å². The largest absolute Gasteiger partial charge is 0.497 e. The zero-order valence-corrected chi connectivity index (χ0v) is 15.2. The number of hydrogen-bond acceptors (Lipinski definition) is 6. The summed E-state index contributed by atoms with van der Waals surface area (Å²) in [6, 6.07) is 12.9. The van der Waals surface area contributed by atoms with Gasteiger partial charge in [-0.2, -0.15) is 17.5 Å². The van der Waals surface area contributed by atoms with E-state index >= 15 is 0 Å². The van der Waals surface area contributed by atoms with Gasteiger partial charge >= 0.3 is 6.18 Å². The van der Waals surface area contributed by atoms with Crippen LogP contribution in [0.5, 0.6) is 5.75 Å². The van der Waals surface area contributed by atoms with Gasteiger partial charge in [-0.05, 0) is 48.5 Å². The van der Waals surface area contributed by atoms with Crippen LogP contribution in [0.2, 0.25) is 0 Å². The van der Waals surface area contributed by atoms with Crippen molar-refractivity contribution in [2.45, 2.75) is 17.3 Å². The lowest BCUT2D eigenvalue weighted by Crippen LogP contribution is -2.41. The first-order chi connectivity index (χ1) is 12.7. The number of hydrogen-bond donors (Lipinski definition) is 1. The molecular formula is C17H16F3N3O3S. The number of benzene rings is 2. The van der Waals surface area contributed by atoms with E-state index in [1.54, 1.807) is 36.4 Å². The van der Waals surface area contributed by atoms with Crippen LogP contribution in [-0.4, -0.2) is 35.8 Å². The monoisotopic (exact) mass is 399 g/mol. The number of halogens is 3. The third-order valence-corrected chi connectivity index (χ3v) is 5.44. The van der Waals surface area contributed by atoms with Crippen LogP contribution in [0, 0.1) is 0 Å². The van der Waals surface area contributed by atoms with Gasteiger partial charge in [0.15, 0.2) is 5.84 Å². The van der Waals surface area contributed by atoms with Crippen molar-refractivity contribution in [1.82, 2.24) is 5.32 Å². The normalized spacial score (nSPS) is 18.7.